The second-order valence-corrected chi connectivity index (χ2v) is 5.69. The van der Waals surface area contributed by atoms with Crippen molar-refractivity contribution in [3.05, 3.63) is 0 Å². The average Bonchev–Trinajstić information content (AvgIpc) is 2.31. The number of nitrogens with zero attached hydrogens (tertiary/aromatic N) is 1. The van der Waals surface area contributed by atoms with Gasteiger partial charge in [0.15, 0.2) is 0 Å². The van der Waals surface area contributed by atoms with Crippen molar-refractivity contribution in [3.63, 3.8) is 0 Å². The van der Waals surface area contributed by atoms with Crippen LogP contribution in [-0.4, -0.2) is 48.4 Å². The first kappa shape index (κ1) is 18.4. The van der Waals surface area contributed by atoms with E-state index >= 15 is 0 Å². The van der Waals surface area contributed by atoms with E-state index in [1.54, 1.807) is 27.8 Å². The zero-order valence-electron chi connectivity index (χ0n) is 13.1. The molecular weight excluding hydrogens is 260 g/mol. The minimum absolute atomic E-state index is 0.00710. The predicted molar refractivity (Wildman–Crippen MR) is 76.0 cm³/mol. The smallest absolute Gasteiger partial charge is 0.306 e. The van der Waals surface area contributed by atoms with Gasteiger partial charge in [0.25, 0.3) is 0 Å². The zero-order chi connectivity index (χ0) is 15.8. The van der Waals surface area contributed by atoms with E-state index < -0.39 is 11.6 Å². The van der Waals surface area contributed by atoms with E-state index in [9.17, 15) is 14.4 Å². The van der Waals surface area contributed by atoms with Gasteiger partial charge in [0, 0.05) is 20.0 Å². The summed E-state index contributed by atoms with van der Waals surface area (Å²) in [5.41, 5.74) is -0.550. The molecule has 20 heavy (non-hydrogen) atoms. The van der Waals surface area contributed by atoms with E-state index in [1.807, 2.05) is 6.92 Å². The van der Waals surface area contributed by atoms with E-state index in [0.717, 1.165) is 6.42 Å². The van der Waals surface area contributed by atoms with Crippen molar-refractivity contribution in [3.8, 4) is 0 Å². The number of rotatable bonds is 7. The summed E-state index contributed by atoms with van der Waals surface area (Å²) in [7, 11) is 1.54. The molecule has 1 N–H and O–H groups in total. The molecule has 0 aromatic rings. The van der Waals surface area contributed by atoms with Crippen molar-refractivity contribution < 1.29 is 19.1 Å². The standard InChI is InChI=1S/C14H26N2O4/c1-6-9-15-11(17)10-16(5)12(18)7-8-13(19)20-14(2,3)4/h6-10H2,1-5H3,(H,15,17). The highest BCUT2D eigenvalue weighted by molar-refractivity contribution is 5.86. The number of amides is 2. The summed E-state index contributed by atoms with van der Waals surface area (Å²) < 4.78 is 5.11. The lowest BCUT2D eigenvalue weighted by Gasteiger charge is -2.20. The van der Waals surface area contributed by atoms with Crippen LogP contribution in [-0.2, 0) is 19.1 Å². The summed E-state index contributed by atoms with van der Waals surface area (Å²) in [5.74, 6) is -0.850. The van der Waals surface area contributed by atoms with Gasteiger partial charge in [-0.1, -0.05) is 6.92 Å². The quantitative estimate of drug-likeness (QED) is 0.711. The molecule has 0 bridgehead atoms. The Morgan fingerprint density at radius 3 is 2.25 bits per heavy atom. The first-order valence-electron chi connectivity index (χ1n) is 6.88. The molecule has 6 nitrogen and oxygen atoms in total. The summed E-state index contributed by atoms with van der Waals surface area (Å²) in [4.78, 5) is 36.0. The van der Waals surface area contributed by atoms with Gasteiger partial charge in [-0.15, -0.1) is 0 Å². The highest BCUT2D eigenvalue weighted by atomic mass is 16.6. The van der Waals surface area contributed by atoms with E-state index in [-0.39, 0.29) is 31.2 Å². The number of hydrogen-bond acceptors (Lipinski definition) is 4. The molecule has 116 valence electrons. The van der Waals surface area contributed by atoms with Gasteiger partial charge >= 0.3 is 5.97 Å². The van der Waals surface area contributed by atoms with E-state index in [0.29, 0.717) is 6.54 Å². The summed E-state index contributed by atoms with van der Waals surface area (Å²) in [6, 6.07) is 0. The molecule has 0 saturated carbocycles. The number of carbonyl (C=O) groups is 3. The van der Waals surface area contributed by atoms with Gasteiger partial charge in [-0.25, -0.2) is 0 Å². The Hall–Kier alpha value is -1.59. The van der Waals surface area contributed by atoms with Gasteiger partial charge in [-0.05, 0) is 27.2 Å². The molecule has 0 spiro atoms. The van der Waals surface area contributed by atoms with Crippen LogP contribution in [0.5, 0.6) is 0 Å². The molecule has 0 atom stereocenters. The average molecular weight is 286 g/mol. The molecule has 0 aliphatic heterocycles. The van der Waals surface area contributed by atoms with E-state index in [2.05, 4.69) is 5.32 Å². The van der Waals surface area contributed by atoms with Crippen molar-refractivity contribution in [2.75, 3.05) is 20.1 Å². The maximum Gasteiger partial charge on any atom is 0.306 e. The van der Waals surface area contributed by atoms with Crippen LogP contribution in [0.1, 0.15) is 47.0 Å². The second-order valence-electron chi connectivity index (χ2n) is 5.69. The van der Waals surface area contributed by atoms with Crippen LogP contribution in [0, 0.1) is 0 Å². The van der Waals surface area contributed by atoms with Crippen LogP contribution in [0.15, 0.2) is 0 Å². The molecular formula is C14H26N2O4. The van der Waals surface area contributed by atoms with Gasteiger partial charge in [0.05, 0.1) is 13.0 Å². The van der Waals surface area contributed by atoms with Crippen LogP contribution in [0.4, 0.5) is 0 Å². The monoisotopic (exact) mass is 286 g/mol. The van der Waals surface area contributed by atoms with E-state index in [4.69, 9.17) is 4.74 Å². The van der Waals surface area contributed by atoms with E-state index in [1.165, 1.54) is 4.90 Å². The third kappa shape index (κ3) is 9.35. The van der Waals surface area contributed by atoms with Gasteiger partial charge in [-0.3, -0.25) is 14.4 Å². The van der Waals surface area contributed by atoms with Crippen LogP contribution < -0.4 is 5.32 Å². The molecule has 2 amide bonds. The number of likely N-dealkylation sites (N-methyl/N-ethyl adjacent to an activating group) is 1. The molecule has 0 aliphatic rings. The minimum atomic E-state index is -0.550. The van der Waals surface area contributed by atoms with Crippen molar-refractivity contribution in [2.24, 2.45) is 0 Å². The summed E-state index contributed by atoms with van der Waals surface area (Å²) in [5, 5.41) is 2.69. The van der Waals surface area contributed by atoms with Crippen LogP contribution in [0.25, 0.3) is 0 Å². The van der Waals surface area contributed by atoms with Gasteiger partial charge in [-0.2, -0.15) is 0 Å². The number of nitrogens with one attached hydrogen (secondary N) is 1. The molecule has 0 unspecified atom stereocenters. The number of esters is 1. The topological polar surface area (TPSA) is 75.7 Å². The summed E-state index contributed by atoms with van der Waals surface area (Å²) >= 11 is 0. The van der Waals surface area contributed by atoms with Crippen molar-refractivity contribution in [1.82, 2.24) is 10.2 Å². The Morgan fingerprint density at radius 1 is 1.15 bits per heavy atom. The zero-order valence-corrected chi connectivity index (χ0v) is 13.1. The molecule has 0 saturated heterocycles. The lowest BCUT2D eigenvalue weighted by molar-refractivity contribution is -0.156. The lowest BCUT2D eigenvalue weighted by atomic mass is 10.2. The Labute approximate surface area is 120 Å². The van der Waals surface area contributed by atoms with Crippen LogP contribution in [0.3, 0.4) is 0 Å². The Balaban J connectivity index is 4.02. The SMILES string of the molecule is CCCNC(=O)CN(C)C(=O)CCC(=O)OC(C)(C)C. The number of ether oxygens (including phenoxy) is 1. The normalized spacial score (nSPS) is 10.8. The fourth-order valence-corrected chi connectivity index (χ4v) is 1.42. The molecule has 0 aromatic heterocycles. The van der Waals surface area contributed by atoms with Gasteiger partial charge in [0.2, 0.25) is 11.8 Å². The second kappa shape index (κ2) is 8.55. The molecule has 0 heterocycles. The first-order chi connectivity index (χ1) is 9.15. The molecule has 6 heteroatoms. The van der Waals surface area contributed by atoms with Crippen LogP contribution in [0.2, 0.25) is 0 Å². The maximum absolute atomic E-state index is 11.8. The van der Waals surface area contributed by atoms with Gasteiger partial charge in [0.1, 0.15) is 5.60 Å². The third-order valence-corrected chi connectivity index (χ3v) is 2.34. The Bertz CT molecular complexity index is 348. The highest BCUT2D eigenvalue weighted by Gasteiger charge is 2.19. The highest BCUT2D eigenvalue weighted by Crippen LogP contribution is 2.09. The fourth-order valence-electron chi connectivity index (χ4n) is 1.42. The number of hydrogen-bond donors (Lipinski definition) is 1. The van der Waals surface area contributed by atoms with Crippen molar-refractivity contribution in [2.45, 2.75) is 52.6 Å². The van der Waals surface area contributed by atoms with Gasteiger partial charge < -0.3 is 15.0 Å². The Kier molecular flexibility index (Phi) is 7.87. The summed E-state index contributed by atoms with van der Waals surface area (Å²) in [6.07, 6.45) is 0.922. The molecule has 0 rings (SSSR count). The fraction of sp³-hybridized carbons (Fsp3) is 0.786. The Morgan fingerprint density at radius 2 is 1.75 bits per heavy atom. The summed E-state index contributed by atoms with van der Waals surface area (Å²) in [6.45, 7) is 7.88. The lowest BCUT2D eigenvalue weighted by Crippen LogP contribution is -2.38. The van der Waals surface area contributed by atoms with Crippen molar-refractivity contribution in [1.29, 1.82) is 0 Å². The molecule has 0 aromatic carbocycles. The third-order valence-electron chi connectivity index (χ3n) is 2.34. The van der Waals surface area contributed by atoms with Crippen LogP contribution >= 0.6 is 0 Å². The maximum atomic E-state index is 11.8. The molecule has 0 aliphatic carbocycles. The first-order valence-corrected chi connectivity index (χ1v) is 6.88. The molecule has 0 radical (unpaired) electrons. The minimum Gasteiger partial charge on any atom is -0.460 e. The van der Waals surface area contributed by atoms with Crippen molar-refractivity contribution >= 4 is 17.8 Å². The molecule has 0 fully saturated rings. The largest absolute Gasteiger partial charge is 0.460 e. The number of carbonyl (C=O) groups excluding carboxylic acids is 3. The predicted octanol–water partition coefficient (Wildman–Crippen LogP) is 1.09.